The second-order valence-corrected chi connectivity index (χ2v) is 6.76. The van der Waals surface area contributed by atoms with Gasteiger partial charge in [0.25, 0.3) is 0 Å². The Hall–Kier alpha value is -1.44. The van der Waals surface area contributed by atoms with E-state index in [0.717, 1.165) is 0 Å². The summed E-state index contributed by atoms with van der Waals surface area (Å²) in [5.74, 6) is 1.21. The summed E-state index contributed by atoms with van der Waals surface area (Å²) in [5.41, 5.74) is 4.11. The van der Waals surface area contributed by atoms with Crippen molar-refractivity contribution < 1.29 is 0 Å². The molecular formula is C19H30N2. The predicted molar refractivity (Wildman–Crippen MR) is 91.0 cm³/mol. The first-order chi connectivity index (χ1) is 9.99. The van der Waals surface area contributed by atoms with E-state index in [1.54, 1.807) is 0 Å². The van der Waals surface area contributed by atoms with E-state index in [-0.39, 0.29) is 0 Å². The molecule has 116 valence electrons. The van der Waals surface area contributed by atoms with Gasteiger partial charge in [0.1, 0.15) is 0 Å². The lowest BCUT2D eigenvalue weighted by molar-refractivity contribution is 0.459. The lowest BCUT2D eigenvalue weighted by Crippen LogP contribution is -2.06. The first-order valence-corrected chi connectivity index (χ1v) is 8.31. The summed E-state index contributed by atoms with van der Waals surface area (Å²) in [5, 5.41) is 0. The lowest BCUT2D eigenvalue weighted by Gasteiger charge is -2.17. The summed E-state index contributed by atoms with van der Waals surface area (Å²) in [7, 11) is 0. The van der Waals surface area contributed by atoms with E-state index in [9.17, 15) is 0 Å². The molecule has 0 unspecified atom stereocenters. The molecule has 0 amide bonds. The highest BCUT2D eigenvalue weighted by molar-refractivity contribution is 5.18. The minimum absolute atomic E-state index is 0.586. The van der Waals surface area contributed by atoms with Crippen LogP contribution in [0.25, 0.3) is 0 Å². The Bertz CT molecular complexity index is 547. The normalized spacial score (nSPS) is 14.6. The molecule has 0 aromatic carbocycles. The van der Waals surface area contributed by atoms with Gasteiger partial charge in [-0.2, -0.15) is 0 Å². The molecule has 2 heterocycles. The van der Waals surface area contributed by atoms with Crippen LogP contribution in [0, 0.1) is 6.92 Å². The van der Waals surface area contributed by atoms with Crippen molar-refractivity contribution in [2.45, 2.75) is 71.8 Å². The zero-order valence-electron chi connectivity index (χ0n) is 14.2. The third-order valence-electron chi connectivity index (χ3n) is 4.61. The van der Waals surface area contributed by atoms with E-state index in [2.05, 4.69) is 74.6 Å². The molecule has 21 heavy (non-hydrogen) atoms. The average molecular weight is 286 g/mol. The Morgan fingerprint density at radius 2 is 1.71 bits per heavy atom. The molecule has 0 saturated heterocycles. The van der Waals surface area contributed by atoms with E-state index in [1.165, 1.54) is 36.3 Å². The largest absolute Gasteiger partial charge is 0.362 e. The zero-order chi connectivity index (χ0) is 15.4. The topological polar surface area (TPSA) is 20.7 Å². The van der Waals surface area contributed by atoms with Crippen LogP contribution < -0.4 is 0 Å². The first-order valence-electron chi connectivity index (χ1n) is 8.31. The SMILES string of the molecule is Cc1cccn1[C@H](C)CCC[C@H](C)c1ccc(C(C)C)[nH]1. The number of nitrogens with one attached hydrogen (secondary N) is 1. The maximum atomic E-state index is 3.58. The Morgan fingerprint density at radius 1 is 1.00 bits per heavy atom. The van der Waals surface area contributed by atoms with Crippen LogP contribution in [-0.4, -0.2) is 9.55 Å². The van der Waals surface area contributed by atoms with Gasteiger partial charge in [0.2, 0.25) is 0 Å². The van der Waals surface area contributed by atoms with Crippen molar-refractivity contribution in [2.75, 3.05) is 0 Å². The van der Waals surface area contributed by atoms with Crippen LogP contribution in [0.15, 0.2) is 30.5 Å². The third-order valence-corrected chi connectivity index (χ3v) is 4.61. The second-order valence-electron chi connectivity index (χ2n) is 6.76. The molecule has 2 nitrogen and oxygen atoms in total. The molecule has 0 aliphatic carbocycles. The molecule has 0 bridgehead atoms. The fraction of sp³-hybridized carbons (Fsp3) is 0.579. The van der Waals surface area contributed by atoms with Gasteiger partial charge in [0.05, 0.1) is 0 Å². The molecule has 0 aliphatic heterocycles. The second kappa shape index (κ2) is 7.02. The number of aryl methyl sites for hydroxylation is 1. The molecular weight excluding hydrogens is 256 g/mol. The van der Waals surface area contributed by atoms with Gasteiger partial charge >= 0.3 is 0 Å². The number of H-pyrrole nitrogens is 1. The molecule has 2 rings (SSSR count). The number of aromatic amines is 1. The highest BCUT2D eigenvalue weighted by Gasteiger charge is 2.11. The average Bonchev–Trinajstić information content (AvgIpc) is 3.06. The minimum Gasteiger partial charge on any atom is -0.362 e. The van der Waals surface area contributed by atoms with E-state index >= 15 is 0 Å². The van der Waals surface area contributed by atoms with E-state index in [1.807, 2.05) is 0 Å². The number of hydrogen-bond donors (Lipinski definition) is 1. The number of hydrogen-bond acceptors (Lipinski definition) is 0. The molecule has 2 heteroatoms. The molecule has 0 spiro atoms. The van der Waals surface area contributed by atoms with E-state index in [0.29, 0.717) is 17.9 Å². The van der Waals surface area contributed by atoms with Crippen LogP contribution in [0.5, 0.6) is 0 Å². The number of rotatable bonds is 7. The Morgan fingerprint density at radius 3 is 2.29 bits per heavy atom. The van der Waals surface area contributed by atoms with Crippen LogP contribution in [-0.2, 0) is 0 Å². The maximum Gasteiger partial charge on any atom is 0.0304 e. The monoisotopic (exact) mass is 286 g/mol. The fourth-order valence-corrected chi connectivity index (χ4v) is 3.04. The number of aromatic nitrogens is 2. The summed E-state index contributed by atoms with van der Waals surface area (Å²) in [4.78, 5) is 3.58. The number of nitrogens with zero attached hydrogens (tertiary/aromatic N) is 1. The predicted octanol–water partition coefficient (Wildman–Crippen LogP) is 5.78. The molecule has 0 fully saturated rings. The fourth-order valence-electron chi connectivity index (χ4n) is 3.04. The summed E-state index contributed by atoms with van der Waals surface area (Å²) in [6, 6.07) is 9.43. The van der Waals surface area contributed by atoms with Gasteiger partial charge in [0, 0.05) is 29.3 Å². The first kappa shape index (κ1) is 15.9. The van der Waals surface area contributed by atoms with E-state index < -0.39 is 0 Å². The molecule has 0 saturated carbocycles. The third kappa shape index (κ3) is 4.03. The maximum absolute atomic E-state index is 3.58. The molecule has 2 atom stereocenters. The van der Waals surface area contributed by atoms with Crippen molar-refractivity contribution in [3.63, 3.8) is 0 Å². The minimum atomic E-state index is 0.586. The van der Waals surface area contributed by atoms with Crippen molar-refractivity contribution in [3.8, 4) is 0 Å². The molecule has 1 N–H and O–H groups in total. The molecule has 2 aromatic rings. The van der Waals surface area contributed by atoms with Gasteiger partial charge in [-0.15, -0.1) is 0 Å². The van der Waals surface area contributed by atoms with Crippen LogP contribution in [0.2, 0.25) is 0 Å². The highest BCUT2D eigenvalue weighted by Crippen LogP contribution is 2.25. The summed E-state index contributed by atoms with van der Waals surface area (Å²) in [6.45, 7) is 11.3. The van der Waals surface area contributed by atoms with Crippen molar-refractivity contribution in [3.05, 3.63) is 47.5 Å². The summed E-state index contributed by atoms with van der Waals surface area (Å²) < 4.78 is 2.39. The van der Waals surface area contributed by atoms with Crippen LogP contribution >= 0.6 is 0 Å². The van der Waals surface area contributed by atoms with Gasteiger partial charge in [0.15, 0.2) is 0 Å². The van der Waals surface area contributed by atoms with Crippen molar-refractivity contribution in [1.29, 1.82) is 0 Å². The smallest absolute Gasteiger partial charge is 0.0304 e. The van der Waals surface area contributed by atoms with Crippen molar-refractivity contribution >= 4 is 0 Å². The van der Waals surface area contributed by atoms with Crippen molar-refractivity contribution in [1.82, 2.24) is 9.55 Å². The quantitative estimate of drug-likeness (QED) is 0.665. The molecule has 2 aromatic heterocycles. The van der Waals surface area contributed by atoms with Crippen LogP contribution in [0.4, 0.5) is 0 Å². The van der Waals surface area contributed by atoms with Gasteiger partial charge < -0.3 is 9.55 Å². The Labute approximate surface area is 129 Å². The Kier molecular flexibility index (Phi) is 5.33. The summed E-state index contributed by atoms with van der Waals surface area (Å²) in [6.07, 6.45) is 5.97. The van der Waals surface area contributed by atoms with Gasteiger partial charge in [-0.25, -0.2) is 0 Å². The van der Waals surface area contributed by atoms with Crippen LogP contribution in [0.3, 0.4) is 0 Å². The molecule has 0 radical (unpaired) electrons. The standard InChI is InChI=1S/C19H30N2/c1-14(2)18-11-12-19(20-18)15(3)8-6-9-16(4)21-13-7-10-17(21)5/h7,10-16,20H,6,8-9H2,1-5H3/t15-,16+/m0/s1. The molecule has 0 aliphatic rings. The van der Waals surface area contributed by atoms with Gasteiger partial charge in [-0.05, 0) is 62.8 Å². The van der Waals surface area contributed by atoms with Crippen molar-refractivity contribution in [2.24, 2.45) is 0 Å². The Balaban J connectivity index is 1.81. The van der Waals surface area contributed by atoms with E-state index in [4.69, 9.17) is 0 Å². The van der Waals surface area contributed by atoms with Crippen LogP contribution in [0.1, 0.15) is 81.9 Å². The summed E-state index contributed by atoms with van der Waals surface area (Å²) >= 11 is 0. The highest BCUT2D eigenvalue weighted by atomic mass is 15.0. The van der Waals surface area contributed by atoms with Gasteiger partial charge in [-0.3, -0.25) is 0 Å². The lowest BCUT2D eigenvalue weighted by atomic mass is 9.99. The van der Waals surface area contributed by atoms with Gasteiger partial charge in [-0.1, -0.05) is 27.2 Å². The zero-order valence-corrected chi connectivity index (χ0v) is 14.2.